The second kappa shape index (κ2) is 6.75. The molecule has 7 nitrogen and oxygen atoms in total. The number of ether oxygens (including phenoxy) is 1. The summed E-state index contributed by atoms with van der Waals surface area (Å²) < 4.78 is 5.13. The molecule has 0 spiro atoms. The third-order valence-electron chi connectivity index (χ3n) is 2.13. The van der Waals surface area contributed by atoms with Crippen LogP contribution in [0.15, 0.2) is 12.4 Å². The van der Waals surface area contributed by atoms with E-state index in [1.54, 1.807) is 21.0 Å². The topological polar surface area (TPSA) is 87.6 Å². The van der Waals surface area contributed by atoms with Crippen molar-refractivity contribution in [1.29, 1.82) is 0 Å². The number of rotatable bonds is 6. The van der Waals surface area contributed by atoms with Gasteiger partial charge in [-0.1, -0.05) is 0 Å². The fourth-order valence-corrected chi connectivity index (χ4v) is 1.31. The van der Waals surface area contributed by atoms with E-state index < -0.39 is 6.04 Å². The second-order valence-corrected chi connectivity index (χ2v) is 3.91. The maximum atomic E-state index is 11.7. The molecule has 0 saturated heterocycles. The Morgan fingerprint density at radius 1 is 1.56 bits per heavy atom. The number of aromatic nitrogens is 2. The fourth-order valence-electron chi connectivity index (χ4n) is 1.31. The number of carbonyl (C=O) groups excluding carboxylic acids is 1. The van der Waals surface area contributed by atoms with E-state index in [-0.39, 0.29) is 19.1 Å². The highest BCUT2D eigenvalue weighted by atomic mass is 16.5. The molecule has 1 aromatic rings. The number of carbonyl (C=O) groups is 1. The Morgan fingerprint density at radius 2 is 2.28 bits per heavy atom. The van der Waals surface area contributed by atoms with Gasteiger partial charge in [0.05, 0.1) is 19.0 Å². The summed E-state index contributed by atoms with van der Waals surface area (Å²) in [5.41, 5.74) is 0. The van der Waals surface area contributed by atoms with Gasteiger partial charge in [-0.05, 0) is 6.92 Å². The van der Waals surface area contributed by atoms with Gasteiger partial charge in [-0.3, -0.25) is 9.78 Å². The normalized spacial score (nSPS) is 11.8. The minimum atomic E-state index is -0.401. The zero-order valence-corrected chi connectivity index (χ0v) is 10.8. The van der Waals surface area contributed by atoms with Gasteiger partial charge < -0.3 is 20.1 Å². The first-order chi connectivity index (χ1) is 8.54. The van der Waals surface area contributed by atoms with E-state index >= 15 is 0 Å². The molecule has 0 aliphatic heterocycles. The van der Waals surface area contributed by atoms with E-state index in [4.69, 9.17) is 9.84 Å². The molecule has 1 heterocycles. The lowest BCUT2D eigenvalue weighted by Crippen LogP contribution is -2.36. The van der Waals surface area contributed by atoms with E-state index in [0.717, 1.165) is 0 Å². The van der Waals surface area contributed by atoms with Crippen LogP contribution in [0.2, 0.25) is 0 Å². The summed E-state index contributed by atoms with van der Waals surface area (Å²) in [6.07, 6.45) is 2.95. The molecule has 0 saturated carbocycles. The Kier molecular flexibility index (Phi) is 5.31. The number of hydrogen-bond donors (Lipinski definition) is 2. The van der Waals surface area contributed by atoms with Crippen LogP contribution in [0.3, 0.4) is 0 Å². The van der Waals surface area contributed by atoms with Gasteiger partial charge in [-0.15, -0.1) is 0 Å². The molecular formula is C11H18N4O3. The van der Waals surface area contributed by atoms with Gasteiger partial charge in [0.1, 0.15) is 18.5 Å². The molecule has 0 bridgehead atoms. The predicted octanol–water partition coefficient (Wildman–Crippen LogP) is -0.264. The van der Waals surface area contributed by atoms with Gasteiger partial charge in [0, 0.05) is 14.1 Å². The highest BCUT2D eigenvalue weighted by molar-refractivity contribution is 5.83. The molecule has 0 aromatic carbocycles. The largest absolute Gasteiger partial charge is 0.474 e. The quantitative estimate of drug-likeness (QED) is 0.727. The van der Waals surface area contributed by atoms with Crippen molar-refractivity contribution in [3.05, 3.63) is 12.4 Å². The summed E-state index contributed by atoms with van der Waals surface area (Å²) in [6, 6.07) is -0.401. The van der Waals surface area contributed by atoms with Gasteiger partial charge in [0.15, 0.2) is 0 Å². The summed E-state index contributed by atoms with van der Waals surface area (Å²) in [7, 11) is 3.37. The number of aliphatic hydroxyl groups is 1. The lowest BCUT2D eigenvalue weighted by Gasteiger charge is -2.18. The molecule has 0 fully saturated rings. The SMILES string of the molecule is C[C@H](Nc1cncc(OCCO)n1)C(=O)N(C)C. The Hall–Kier alpha value is -1.89. The third kappa shape index (κ3) is 4.17. The van der Waals surface area contributed by atoms with E-state index in [2.05, 4.69) is 15.3 Å². The molecule has 2 N–H and O–H groups in total. The van der Waals surface area contributed by atoms with E-state index in [0.29, 0.717) is 11.7 Å². The van der Waals surface area contributed by atoms with Crippen LogP contribution in [-0.2, 0) is 4.79 Å². The van der Waals surface area contributed by atoms with E-state index in [1.165, 1.54) is 17.3 Å². The number of hydrogen-bond acceptors (Lipinski definition) is 6. The first kappa shape index (κ1) is 14.2. The Morgan fingerprint density at radius 3 is 2.89 bits per heavy atom. The zero-order valence-electron chi connectivity index (χ0n) is 10.8. The fraction of sp³-hybridized carbons (Fsp3) is 0.545. The molecule has 0 radical (unpaired) electrons. The van der Waals surface area contributed by atoms with Crippen LogP contribution in [0.25, 0.3) is 0 Å². The second-order valence-electron chi connectivity index (χ2n) is 3.91. The lowest BCUT2D eigenvalue weighted by atomic mass is 10.3. The molecule has 18 heavy (non-hydrogen) atoms. The minimum Gasteiger partial charge on any atom is -0.474 e. The minimum absolute atomic E-state index is 0.0570. The van der Waals surface area contributed by atoms with Crippen LogP contribution in [0, 0.1) is 0 Å². The third-order valence-corrected chi connectivity index (χ3v) is 2.13. The smallest absolute Gasteiger partial charge is 0.244 e. The molecule has 100 valence electrons. The highest BCUT2D eigenvalue weighted by Gasteiger charge is 2.15. The van der Waals surface area contributed by atoms with Crippen LogP contribution in [0.5, 0.6) is 5.88 Å². The molecule has 0 unspecified atom stereocenters. The van der Waals surface area contributed by atoms with Crippen LogP contribution in [0.1, 0.15) is 6.92 Å². The maximum Gasteiger partial charge on any atom is 0.244 e. The van der Waals surface area contributed by atoms with Crippen LogP contribution < -0.4 is 10.1 Å². The molecule has 1 atom stereocenters. The molecule has 0 aliphatic rings. The molecule has 1 rings (SSSR count). The van der Waals surface area contributed by atoms with Crippen LogP contribution in [-0.4, -0.2) is 59.2 Å². The number of anilines is 1. The number of amides is 1. The lowest BCUT2D eigenvalue weighted by molar-refractivity contribution is -0.129. The standard InChI is InChI=1S/C11H18N4O3/c1-8(11(17)15(2)3)13-9-6-12-7-10(14-9)18-5-4-16/h6-8,16H,4-5H2,1-3H3,(H,13,14)/t8-/m0/s1. The monoisotopic (exact) mass is 254 g/mol. The van der Waals surface area contributed by atoms with E-state index in [9.17, 15) is 4.79 Å². The maximum absolute atomic E-state index is 11.7. The Bertz CT molecular complexity index is 398. The molecule has 1 aromatic heterocycles. The van der Waals surface area contributed by atoms with Gasteiger partial charge in [0.2, 0.25) is 11.8 Å². The summed E-state index contributed by atoms with van der Waals surface area (Å²) in [5, 5.41) is 11.6. The molecular weight excluding hydrogens is 236 g/mol. The summed E-state index contributed by atoms with van der Waals surface area (Å²) in [6.45, 7) is 1.81. The van der Waals surface area contributed by atoms with Crippen molar-refractivity contribution in [3.63, 3.8) is 0 Å². The van der Waals surface area contributed by atoms with Gasteiger partial charge in [-0.25, -0.2) is 0 Å². The number of nitrogens with one attached hydrogen (secondary N) is 1. The van der Waals surface area contributed by atoms with Crippen molar-refractivity contribution < 1.29 is 14.6 Å². The predicted molar refractivity (Wildman–Crippen MR) is 66.4 cm³/mol. The van der Waals surface area contributed by atoms with Crippen molar-refractivity contribution in [2.24, 2.45) is 0 Å². The Balaban J connectivity index is 2.64. The number of nitrogens with zero attached hydrogens (tertiary/aromatic N) is 3. The number of aliphatic hydroxyl groups excluding tert-OH is 1. The average molecular weight is 254 g/mol. The Labute approximate surface area is 106 Å². The van der Waals surface area contributed by atoms with Crippen LogP contribution >= 0.6 is 0 Å². The highest BCUT2D eigenvalue weighted by Crippen LogP contribution is 2.10. The van der Waals surface area contributed by atoms with E-state index in [1.807, 2.05) is 0 Å². The van der Waals surface area contributed by atoms with Gasteiger partial charge >= 0.3 is 0 Å². The average Bonchev–Trinajstić information content (AvgIpc) is 2.35. The van der Waals surface area contributed by atoms with Gasteiger partial charge in [-0.2, -0.15) is 4.98 Å². The first-order valence-electron chi connectivity index (χ1n) is 5.58. The van der Waals surface area contributed by atoms with Gasteiger partial charge in [0.25, 0.3) is 0 Å². The summed E-state index contributed by atoms with van der Waals surface area (Å²) in [4.78, 5) is 21.2. The first-order valence-corrected chi connectivity index (χ1v) is 5.58. The van der Waals surface area contributed by atoms with Crippen LogP contribution in [0.4, 0.5) is 5.82 Å². The zero-order chi connectivity index (χ0) is 13.5. The van der Waals surface area contributed by atoms with Crippen molar-refractivity contribution in [1.82, 2.24) is 14.9 Å². The van der Waals surface area contributed by atoms with Crippen molar-refractivity contribution in [2.45, 2.75) is 13.0 Å². The summed E-state index contributed by atoms with van der Waals surface area (Å²) in [5.74, 6) is 0.699. The molecule has 7 heteroatoms. The number of likely N-dealkylation sites (N-methyl/N-ethyl adjacent to an activating group) is 1. The summed E-state index contributed by atoms with van der Waals surface area (Å²) >= 11 is 0. The van der Waals surface area contributed by atoms with Crippen molar-refractivity contribution in [2.75, 3.05) is 32.6 Å². The molecule has 1 amide bonds. The van der Waals surface area contributed by atoms with Crippen molar-refractivity contribution in [3.8, 4) is 5.88 Å². The van der Waals surface area contributed by atoms with Crippen molar-refractivity contribution >= 4 is 11.7 Å². The molecule has 0 aliphatic carbocycles.